The van der Waals surface area contributed by atoms with Crippen LogP contribution in [0.15, 0.2) is 48.5 Å². The topological polar surface area (TPSA) is 52.7 Å². The van der Waals surface area contributed by atoms with Gasteiger partial charge in [0.2, 0.25) is 5.91 Å². The SMILES string of the molecule is CC(=O)N1CCc2cc(NC(=O)N3C[C@H](C)[C@H]3c3ccccc3)ccc21. The van der Waals surface area contributed by atoms with E-state index < -0.39 is 0 Å². The van der Waals surface area contributed by atoms with Crippen molar-refractivity contribution >= 4 is 23.3 Å². The minimum atomic E-state index is -0.0710. The van der Waals surface area contributed by atoms with Gasteiger partial charge in [-0.3, -0.25) is 4.79 Å². The Bertz CT molecular complexity index is 850. The van der Waals surface area contributed by atoms with Crippen LogP contribution in [0.25, 0.3) is 0 Å². The minimum Gasteiger partial charge on any atom is -0.317 e. The average molecular weight is 349 g/mol. The molecule has 0 radical (unpaired) electrons. The molecule has 2 aliphatic rings. The molecule has 0 unspecified atom stereocenters. The molecular formula is C21H23N3O2. The fraction of sp³-hybridized carbons (Fsp3) is 0.333. The molecule has 2 atom stereocenters. The maximum atomic E-state index is 12.7. The van der Waals surface area contributed by atoms with Gasteiger partial charge in [0.05, 0.1) is 6.04 Å². The summed E-state index contributed by atoms with van der Waals surface area (Å²) in [5.74, 6) is 0.508. The lowest BCUT2D eigenvalue weighted by molar-refractivity contribution is -0.116. The van der Waals surface area contributed by atoms with Crippen LogP contribution in [0.2, 0.25) is 0 Å². The van der Waals surface area contributed by atoms with E-state index in [1.165, 1.54) is 5.56 Å². The second-order valence-corrected chi connectivity index (χ2v) is 7.18. The van der Waals surface area contributed by atoms with Crippen molar-refractivity contribution in [2.45, 2.75) is 26.3 Å². The van der Waals surface area contributed by atoms with E-state index in [2.05, 4.69) is 24.4 Å². The van der Waals surface area contributed by atoms with Crippen molar-refractivity contribution in [3.8, 4) is 0 Å². The lowest BCUT2D eigenvalue weighted by Gasteiger charge is -2.46. The summed E-state index contributed by atoms with van der Waals surface area (Å²) in [6.45, 7) is 5.23. The Morgan fingerprint density at radius 3 is 2.58 bits per heavy atom. The number of rotatable bonds is 2. The molecule has 0 bridgehead atoms. The first-order valence-corrected chi connectivity index (χ1v) is 9.08. The van der Waals surface area contributed by atoms with Crippen molar-refractivity contribution in [1.82, 2.24) is 4.90 Å². The number of amides is 3. The smallest absolute Gasteiger partial charge is 0.317 e. The quantitative estimate of drug-likeness (QED) is 0.896. The van der Waals surface area contributed by atoms with E-state index in [4.69, 9.17) is 0 Å². The lowest BCUT2D eigenvalue weighted by atomic mass is 9.85. The van der Waals surface area contributed by atoms with Gasteiger partial charge in [0.25, 0.3) is 0 Å². The standard InChI is InChI=1S/C21H23N3O2/c1-14-13-24(20(14)16-6-4-3-5-7-16)21(26)22-18-8-9-19-17(12-18)10-11-23(19)15(2)25/h3-9,12,14,20H,10-11,13H2,1-2H3,(H,22,26)/t14-,20-/m0/s1. The molecular weight excluding hydrogens is 326 g/mol. The Labute approximate surface area is 153 Å². The number of carbonyl (C=O) groups is 2. The molecule has 1 fully saturated rings. The van der Waals surface area contributed by atoms with Crippen LogP contribution in [0.1, 0.15) is 31.0 Å². The third-order valence-electron chi connectivity index (χ3n) is 5.37. The minimum absolute atomic E-state index is 0.0563. The third kappa shape index (κ3) is 2.83. The molecule has 2 aromatic rings. The first-order chi connectivity index (χ1) is 12.5. The molecule has 1 N–H and O–H groups in total. The average Bonchev–Trinajstić information content (AvgIpc) is 3.03. The van der Waals surface area contributed by atoms with E-state index in [9.17, 15) is 9.59 Å². The summed E-state index contributed by atoms with van der Waals surface area (Å²) in [6, 6.07) is 16.0. The Hall–Kier alpha value is -2.82. The fourth-order valence-corrected chi connectivity index (χ4v) is 4.06. The Morgan fingerprint density at radius 2 is 1.88 bits per heavy atom. The molecule has 134 valence electrons. The van der Waals surface area contributed by atoms with Gasteiger partial charge in [-0.25, -0.2) is 4.79 Å². The predicted molar refractivity (Wildman–Crippen MR) is 102 cm³/mol. The van der Waals surface area contributed by atoms with Gasteiger partial charge in [-0.1, -0.05) is 37.3 Å². The van der Waals surface area contributed by atoms with Crippen LogP contribution >= 0.6 is 0 Å². The van der Waals surface area contributed by atoms with Crippen LogP contribution in [-0.4, -0.2) is 29.9 Å². The predicted octanol–water partition coefficient (Wildman–Crippen LogP) is 3.82. The molecule has 3 amide bonds. The molecule has 5 heteroatoms. The van der Waals surface area contributed by atoms with Crippen molar-refractivity contribution in [2.75, 3.05) is 23.3 Å². The molecule has 4 rings (SSSR count). The first-order valence-electron chi connectivity index (χ1n) is 9.08. The number of urea groups is 1. The van der Waals surface area contributed by atoms with Gasteiger partial charge >= 0.3 is 6.03 Å². The summed E-state index contributed by atoms with van der Waals surface area (Å²) >= 11 is 0. The van der Waals surface area contributed by atoms with Crippen LogP contribution in [0.3, 0.4) is 0 Å². The maximum absolute atomic E-state index is 12.7. The number of hydrogen-bond donors (Lipinski definition) is 1. The number of carbonyl (C=O) groups excluding carboxylic acids is 2. The number of hydrogen-bond acceptors (Lipinski definition) is 2. The summed E-state index contributed by atoms with van der Waals surface area (Å²) in [6.07, 6.45) is 0.825. The maximum Gasteiger partial charge on any atom is 0.322 e. The third-order valence-corrected chi connectivity index (χ3v) is 5.37. The molecule has 0 spiro atoms. The zero-order valence-corrected chi connectivity index (χ0v) is 15.1. The number of benzene rings is 2. The second-order valence-electron chi connectivity index (χ2n) is 7.18. The monoisotopic (exact) mass is 349 g/mol. The highest BCUT2D eigenvalue weighted by molar-refractivity contribution is 5.95. The molecule has 0 saturated carbocycles. The van der Waals surface area contributed by atoms with Crippen molar-refractivity contribution in [2.24, 2.45) is 5.92 Å². The molecule has 2 aliphatic heterocycles. The van der Waals surface area contributed by atoms with E-state index in [0.29, 0.717) is 12.5 Å². The first kappa shape index (κ1) is 16.6. The van der Waals surface area contributed by atoms with Gasteiger partial charge < -0.3 is 15.1 Å². The summed E-state index contributed by atoms with van der Waals surface area (Å²) in [5, 5.41) is 3.02. The van der Waals surface area contributed by atoms with Gasteiger partial charge in [-0.2, -0.15) is 0 Å². The molecule has 0 aromatic heterocycles. The molecule has 2 aromatic carbocycles. The summed E-state index contributed by atoms with van der Waals surface area (Å²) in [5.41, 5.74) is 4.02. The number of likely N-dealkylation sites (tertiary alicyclic amines) is 1. The highest BCUT2D eigenvalue weighted by atomic mass is 16.2. The number of anilines is 2. The molecule has 1 saturated heterocycles. The number of nitrogens with one attached hydrogen (secondary N) is 1. The van der Waals surface area contributed by atoms with Gasteiger partial charge in [0.15, 0.2) is 0 Å². The van der Waals surface area contributed by atoms with Gasteiger partial charge in [-0.15, -0.1) is 0 Å². The van der Waals surface area contributed by atoms with Crippen molar-refractivity contribution in [1.29, 1.82) is 0 Å². The summed E-state index contributed by atoms with van der Waals surface area (Å²) in [4.78, 5) is 28.1. The van der Waals surface area contributed by atoms with Crippen molar-refractivity contribution in [3.05, 3.63) is 59.7 Å². The van der Waals surface area contributed by atoms with Gasteiger partial charge in [0.1, 0.15) is 0 Å². The van der Waals surface area contributed by atoms with Crippen LogP contribution in [0, 0.1) is 5.92 Å². The fourth-order valence-electron chi connectivity index (χ4n) is 4.06. The van der Waals surface area contributed by atoms with E-state index >= 15 is 0 Å². The largest absolute Gasteiger partial charge is 0.322 e. The number of nitrogens with zero attached hydrogens (tertiary/aromatic N) is 2. The zero-order chi connectivity index (χ0) is 18.3. The Balaban J connectivity index is 1.48. The lowest BCUT2D eigenvalue weighted by Crippen LogP contribution is -2.53. The molecule has 2 heterocycles. The molecule has 0 aliphatic carbocycles. The Morgan fingerprint density at radius 1 is 1.12 bits per heavy atom. The molecule has 5 nitrogen and oxygen atoms in total. The highest BCUT2D eigenvalue weighted by Crippen LogP contribution is 2.39. The van der Waals surface area contributed by atoms with Crippen molar-refractivity contribution in [3.63, 3.8) is 0 Å². The normalized spacial score (nSPS) is 21.2. The zero-order valence-electron chi connectivity index (χ0n) is 15.1. The Kier molecular flexibility index (Phi) is 4.15. The summed E-state index contributed by atoms with van der Waals surface area (Å²) in [7, 11) is 0. The van der Waals surface area contributed by atoms with Crippen LogP contribution < -0.4 is 10.2 Å². The van der Waals surface area contributed by atoms with Crippen LogP contribution in [0.5, 0.6) is 0 Å². The van der Waals surface area contributed by atoms with Gasteiger partial charge in [0, 0.05) is 31.4 Å². The van der Waals surface area contributed by atoms with Crippen LogP contribution in [0.4, 0.5) is 16.2 Å². The van der Waals surface area contributed by atoms with Gasteiger partial charge in [-0.05, 0) is 41.7 Å². The summed E-state index contributed by atoms with van der Waals surface area (Å²) < 4.78 is 0. The van der Waals surface area contributed by atoms with Crippen molar-refractivity contribution < 1.29 is 9.59 Å². The van der Waals surface area contributed by atoms with Crippen LogP contribution in [-0.2, 0) is 11.2 Å². The van der Waals surface area contributed by atoms with E-state index in [-0.39, 0.29) is 18.0 Å². The number of fused-ring (bicyclic) bond motifs is 1. The highest BCUT2D eigenvalue weighted by Gasteiger charge is 2.40. The van der Waals surface area contributed by atoms with E-state index in [1.807, 2.05) is 41.3 Å². The second kappa shape index (κ2) is 6.48. The molecule has 26 heavy (non-hydrogen) atoms. The van der Waals surface area contributed by atoms with E-state index in [1.54, 1.807) is 11.8 Å². The van der Waals surface area contributed by atoms with E-state index in [0.717, 1.165) is 29.9 Å².